The molecule has 24 heavy (non-hydrogen) atoms. The highest BCUT2D eigenvalue weighted by Gasteiger charge is 2.15. The summed E-state index contributed by atoms with van der Waals surface area (Å²) in [5.74, 6) is 0.993. The molecule has 1 N–H and O–H groups in total. The predicted octanol–water partition coefficient (Wildman–Crippen LogP) is 4.61. The fourth-order valence-electron chi connectivity index (χ4n) is 2.31. The van der Waals surface area contributed by atoms with Crippen LogP contribution in [0.3, 0.4) is 0 Å². The maximum Gasteiger partial charge on any atom is 0.258 e. The summed E-state index contributed by atoms with van der Waals surface area (Å²) in [5.41, 5.74) is 0.686. The Bertz CT molecular complexity index is 866. The Morgan fingerprint density at radius 3 is 2.92 bits per heavy atom. The Morgan fingerprint density at radius 2 is 2.17 bits per heavy atom. The number of carbonyl (C=O) groups excluding carboxylic acids is 1. The lowest BCUT2D eigenvalue weighted by molar-refractivity contribution is -0.123. The van der Waals surface area contributed by atoms with E-state index in [4.69, 9.17) is 9.15 Å². The second-order valence-corrected chi connectivity index (χ2v) is 6.87. The van der Waals surface area contributed by atoms with Crippen LogP contribution in [0.15, 0.2) is 56.2 Å². The van der Waals surface area contributed by atoms with Gasteiger partial charge in [0.1, 0.15) is 11.3 Å². The first-order valence-corrected chi connectivity index (χ1v) is 8.83. The zero-order valence-corrected chi connectivity index (χ0v) is 15.9. The molecule has 0 aliphatic carbocycles. The molecule has 2 aromatic heterocycles. The Morgan fingerprint density at radius 1 is 1.33 bits per heavy atom. The number of furan rings is 1. The topological polar surface area (TPSA) is 64.4 Å². The largest absolute Gasteiger partial charge is 0.480 e. The Labute approximate surface area is 155 Å². The van der Waals surface area contributed by atoms with Crippen LogP contribution in [0, 0.1) is 0 Å². The van der Waals surface area contributed by atoms with E-state index in [2.05, 4.69) is 42.2 Å². The van der Waals surface area contributed by atoms with Gasteiger partial charge in [-0.05, 0) is 47.1 Å². The summed E-state index contributed by atoms with van der Waals surface area (Å²) in [7, 11) is 0. The zero-order valence-electron chi connectivity index (χ0n) is 12.8. The fraction of sp³-hybridized carbons (Fsp3) is 0.176. The Hall–Kier alpha value is -1.86. The number of fused-ring (bicyclic) bond motifs is 1. The summed E-state index contributed by atoms with van der Waals surface area (Å²) in [5, 5.41) is 3.75. The van der Waals surface area contributed by atoms with Crippen LogP contribution >= 0.6 is 31.9 Å². The van der Waals surface area contributed by atoms with E-state index in [1.807, 2.05) is 31.2 Å². The normalized spacial score (nSPS) is 12.1. The molecule has 1 aromatic carbocycles. The number of aromatic nitrogens is 1. The van der Waals surface area contributed by atoms with Crippen LogP contribution in [0.5, 0.6) is 5.75 Å². The van der Waals surface area contributed by atoms with E-state index in [0.717, 1.165) is 14.3 Å². The van der Waals surface area contributed by atoms with Crippen molar-refractivity contribution >= 4 is 48.7 Å². The second kappa shape index (κ2) is 7.36. The van der Waals surface area contributed by atoms with Gasteiger partial charge in [-0.25, -0.2) is 0 Å². The van der Waals surface area contributed by atoms with Gasteiger partial charge in [-0.1, -0.05) is 22.0 Å². The van der Waals surface area contributed by atoms with Crippen molar-refractivity contribution in [3.8, 4) is 5.75 Å². The number of amides is 1. The van der Waals surface area contributed by atoms with Crippen molar-refractivity contribution in [1.29, 1.82) is 0 Å². The number of carbonyl (C=O) groups is 1. The molecule has 2 heterocycles. The number of benzene rings is 1. The SMILES string of the molecule is C[C@H](NC(=O)COc1c(Br)cc(Br)c2cccnc12)c1ccco1. The highest BCUT2D eigenvalue weighted by Crippen LogP contribution is 2.37. The lowest BCUT2D eigenvalue weighted by atomic mass is 10.2. The summed E-state index contributed by atoms with van der Waals surface area (Å²) >= 11 is 6.96. The smallest absolute Gasteiger partial charge is 0.258 e. The van der Waals surface area contributed by atoms with E-state index < -0.39 is 0 Å². The third kappa shape index (κ3) is 3.62. The second-order valence-electron chi connectivity index (χ2n) is 5.16. The molecule has 1 amide bonds. The highest BCUT2D eigenvalue weighted by molar-refractivity contribution is 9.11. The number of hydrogen-bond acceptors (Lipinski definition) is 4. The van der Waals surface area contributed by atoms with E-state index in [1.165, 1.54) is 0 Å². The number of nitrogens with zero attached hydrogens (tertiary/aromatic N) is 1. The van der Waals surface area contributed by atoms with Gasteiger partial charge < -0.3 is 14.5 Å². The molecule has 0 unspecified atom stereocenters. The molecule has 5 nitrogen and oxygen atoms in total. The molecule has 124 valence electrons. The van der Waals surface area contributed by atoms with Crippen LogP contribution in [0.25, 0.3) is 10.9 Å². The molecule has 1 atom stereocenters. The lowest BCUT2D eigenvalue weighted by Crippen LogP contribution is -2.31. The monoisotopic (exact) mass is 452 g/mol. The lowest BCUT2D eigenvalue weighted by Gasteiger charge is -2.14. The summed E-state index contributed by atoms with van der Waals surface area (Å²) in [4.78, 5) is 16.5. The molecular formula is C17H14Br2N2O3. The Balaban J connectivity index is 1.73. The molecule has 0 spiro atoms. The fourth-order valence-corrected chi connectivity index (χ4v) is 3.70. The minimum absolute atomic E-state index is 0.114. The van der Waals surface area contributed by atoms with Crippen molar-refractivity contribution in [2.75, 3.05) is 6.61 Å². The zero-order chi connectivity index (χ0) is 17.1. The van der Waals surface area contributed by atoms with E-state index in [0.29, 0.717) is 17.0 Å². The summed E-state index contributed by atoms with van der Waals surface area (Å²) in [6.07, 6.45) is 3.26. The van der Waals surface area contributed by atoms with Gasteiger partial charge in [0.25, 0.3) is 5.91 Å². The summed E-state index contributed by atoms with van der Waals surface area (Å²) in [6, 6.07) is 9.04. The van der Waals surface area contributed by atoms with Gasteiger partial charge in [0.15, 0.2) is 12.4 Å². The number of nitrogens with one attached hydrogen (secondary N) is 1. The maximum atomic E-state index is 12.1. The van der Waals surface area contributed by atoms with Crippen LogP contribution < -0.4 is 10.1 Å². The van der Waals surface area contributed by atoms with Crippen LogP contribution in [-0.4, -0.2) is 17.5 Å². The minimum Gasteiger partial charge on any atom is -0.480 e. The maximum absolute atomic E-state index is 12.1. The van der Waals surface area contributed by atoms with E-state index in [9.17, 15) is 4.79 Å². The van der Waals surface area contributed by atoms with Crippen molar-refractivity contribution in [2.45, 2.75) is 13.0 Å². The molecular weight excluding hydrogens is 440 g/mol. The van der Waals surface area contributed by atoms with E-state index >= 15 is 0 Å². The number of hydrogen-bond donors (Lipinski definition) is 1. The van der Waals surface area contributed by atoms with Gasteiger partial charge in [-0.2, -0.15) is 0 Å². The van der Waals surface area contributed by atoms with Crippen molar-refractivity contribution in [1.82, 2.24) is 10.3 Å². The molecule has 0 bridgehead atoms. The summed E-state index contributed by atoms with van der Waals surface area (Å²) < 4.78 is 12.6. The molecule has 0 aliphatic heterocycles. The first kappa shape index (κ1) is 17.0. The van der Waals surface area contributed by atoms with Crippen LogP contribution in [0.1, 0.15) is 18.7 Å². The third-order valence-electron chi connectivity index (χ3n) is 3.45. The van der Waals surface area contributed by atoms with Gasteiger partial charge >= 0.3 is 0 Å². The van der Waals surface area contributed by atoms with Gasteiger partial charge in [0, 0.05) is 16.1 Å². The number of ether oxygens (including phenoxy) is 1. The molecule has 3 rings (SSSR count). The predicted molar refractivity (Wildman–Crippen MR) is 97.9 cm³/mol. The summed E-state index contributed by atoms with van der Waals surface area (Å²) in [6.45, 7) is 1.74. The molecule has 0 saturated carbocycles. The highest BCUT2D eigenvalue weighted by atomic mass is 79.9. The van der Waals surface area contributed by atoms with Crippen molar-refractivity contribution in [2.24, 2.45) is 0 Å². The first-order valence-electron chi connectivity index (χ1n) is 7.24. The van der Waals surface area contributed by atoms with Crippen LogP contribution in [0.4, 0.5) is 0 Å². The molecule has 0 fully saturated rings. The van der Waals surface area contributed by atoms with Gasteiger partial charge in [0.05, 0.1) is 16.8 Å². The molecule has 3 aromatic rings. The molecule has 0 radical (unpaired) electrons. The van der Waals surface area contributed by atoms with Gasteiger partial charge in [-0.3, -0.25) is 9.78 Å². The van der Waals surface area contributed by atoms with Gasteiger partial charge in [0.2, 0.25) is 0 Å². The molecule has 0 aliphatic rings. The quantitative estimate of drug-likeness (QED) is 0.612. The molecule has 7 heteroatoms. The van der Waals surface area contributed by atoms with Crippen molar-refractivity contribution in [3.05, 3.63) is 57.5 Å². The number of pyridine rings is 1. The average Bonchev–Trinajstić information content (AvgIpc) is 3.09. The first-order chi connectivity index (χ1) is 11.6. The van der Waals surface area contributed by atoms with Crippen LogP contribution in [0.2, 0.25) is 0 Å². The average molecular weight is 454 g/mol. The van der Waals surface area contributed by atoms with E-state index in [1.54, 1.807) is 18.5 Å². The standard InChI is InChI=1S/C17H14Br2N2O3/c1-10(14-5-3-7-23-14)21-15(22)9-24-17-13(19)8-12(18)11-4-2-6-20-16(11)17/h2-8,10H,9H2,1H3,(H,21,22)/t10-/m0/s1. The van der Waals surface area contributed by atoms with Crippen molar-refractivity contribution < 1.29 is 13.9 Å². The van der Waals surface area contributed by atoms with E-state index in [-0.39, 0.29) is 18.6 Å². The molecule has 0 saturated heterocycles. The number of halogens is 2. The minimum atomic E-state index is -0.238. The van der Waals surface area contributed by atoms with Gasteiger partial charge in [-0.15, -0.1) is 0 Å². The third-order valence-corrected chi connectivity index (χ3v) is 4.69. The Kier molecular flexibility index (Phi) is 5.20. The number of rotatable bonds is 5. The van der Waals surface area contributed by atoms with Crippen molar-refractivity contribution in [3.63, 3.8) is 0 Å². The van der Waals surface area contributed by atoms with Crippen LogP contribution in [-0.2, 0) is 4.79 Å².